The molecule has 0 radical (unpaired) electrons. The number of nitro groups is 2. The van der Waals surface area contributed by atoms with Gasteiger partial charge in [-0.3, -0.25) is 25.0 Å². The van der Waals surface area contributed by atoms with Crippen molar-refractivity contribution in [1.29, 1.82) is 5.26 Å². The molecule has 0 bridgehead atoms. The summed E-state index contributed by atoms with van der Waals surface area (Å²) < 4.78 is 7.57. The quantitative estimate of drug-likeness (QED) is 0.124. The van der Waals surface area contributed by atoms with E-state index < -0.39 is 27.1 Å². The van der Waals surface area contributed by atoms with Crippen LogP contribution in [-0.2, 0) is 4.79 Å². The average molecular weight is 524 g/mol. The molecule has 0 unspecified atom stereocenters. The number of carbonyl (C=O) groups is 1. The van der Waals surface area contributed by atoms with Gasteiger partial charge >= 0.3 is 5.69 Å². The number of nitriles is 1. The summed E-state index contributed by atoms with van der Waals surface area (Å²) in [5.74, 6) is -0.352. The summed E-state index contributed by atoms with van der Waals surface area (Å²) in [4.78, 5) is 33.5. The molecule has 0 aliphatic rings. The van der Waals surface area contributed by atoms with Crippen LogP contribution in [0.25, 0.3) is 11.8 Å². The Morgan fingerprint density at radius 3 is 2.28 bits per heavy atom. The summed E-state index contributed by atoms with van der Waals surface area (Å²) in [5, 5.41) is 34.6. The van der Waals surface area contributed by atoms with Gasteiger partial charge < -0.3 is 14.6 Å². The predicted molar refractivity (Wildman–Crippen MR) is 144 cm³/mol. The third-order valence-corrected chi connectivity index (χ3v) is 5.84. The highest BCUT2D eigenvalue weighted by Crippen LogP contribution is 2.35. The van der Waals surface area contributed by atoms with Crippen LogP contribution in [0.2, 0.25) is 0 Å². The summed E-state index contributed by atoms with van der Waals surface area (Å²) in [6.07, 6.45) is 1.53. The molecule has 11 heteroatoms. The third kappa shape index (κ3) is 5.81. The number of amides is 1. The molecule has 0 aliphatic carbocycles. The molecule has 194 valence electrons. The van der Waals surface area contributed by atoms with Gasteiger partial charge in [-0.15, -0.1) is 0 Å². The van der Waals surface area contributed by atoms with Gasteiger partial charge in [0.15, 0.2) is 0 Å². The van der Waals surface area contributed by atoms with E-state index in [4.69, 9.17) is 4.74 Å². The van der Waals surface area contributed by atoms with Crippen LogP contribution in [0, 0.1) is 45.4 Å². The first-order valence-electron chi connectivity index (χ1n) is 11.6. The number of anilines is 1. The summed E-state index contributed by atoms with van der Waals surface area (Å²) in [7, 11) is 0. The second kappa shape index (κ2) is 11.1. The zero-order valence-electron chi connectivity index (χ0n) is 20.8. The van der Waals surface area contributed by atoms with Crippen LogP contribution < -0.4 is 10.1 Å². The normalized spacial score (nSPS) is 10.9. The number of carbonyl (C=O) groups excluding carboxylic acids is 1. The van der Waals surface area contributed by atoms with Gasteiger partial charge in [0.1, 0.15) is 17.4 Å². The molecule has 0 saturated carbocycles. The zero-order valence-corrected chi connectivity index (χ0v) is 20.8. The lowest BCUT2D eigenvalue weighted by molar-refractivity contribution is -0.394. The lowest BCUT2D eigenvalue weighted by Gasteiger charge is -2.11. The number of aromatic nitrogens is 1. The highest BCUT2D eigenvalue weighted by Gasteiger charge is 2.21. The van der Waals surface area contributed by atoms with E-state index in [9.17, 15) is 30.3 Å². The first-order valence-corrected chi connectivity index (χ1v) is 11.6. The summed E-state index contributed by atoms with van der Waals surface area (Å²) in [6.45, 7) is 3.73. The number of nitro benzene ring substituents is 2. The van der Waals surface area contributed by atoms with E-state index in [1.54, 1.807) is 48.5 Å². The van der Waals surface area contributed by atoms with Gasteiger partial charge in [-0.05, 0) is 74.0 Å². The van der Waals surface area contributed by atoms with Gasteiger partial charge in [-0.1, -0.05) is 18.2 Å². The second-order valence-electron chi connectivity index (χ2n) is 8.41. The molecule has 1 amide bonds. The van der Waals surface area contributed by atoms with E-state index in [1.807, 2.05) is 36.6 Å². The van der Waals surface area contributed by atoms with Crippen molar-refractivity contribution in [3.05, 3.63) is 122 Å². The fraction of sp³-hybridized carbons (Fsp3) is 0.0714. The Balaban J connectivity index is 1.58. The van der Waals surface area contributed by atoms with E-state index in [0.29, 0.717) is 17.0 Å². The number of hydrogen-bond acceptors (Lipinski definition) is 7. The van der Waals surface area contributed by atoms with Crippen LogP contribution in [0.4, 0.5) is 17.1 Å². The van der Waals surface area contributed by atoms with Gasteiger partial charge in [0, 0.05) is 28.8 Å². The fourth-order valence-electron chi connectivity index (χ4n) is 3.99. The molecule has 4 rings (SSSR count). The minimum absolute atomic E-state index is 0.0486. The number of nitrogens with one attached hydrogen (secondary N) is 1. The zero-order chi connectivity index (χ0) is 28.1. The Labute approximate surface area is 222 Å². The average Bonchev–Trinajstić information content (AvgIpc) is 3.20. The van der Waals surface area contributed by atoms with Crippen molar-refractivity contribution in [1.82, 2.24) is 4.57 Å². The molecule has 3 aromatic carbocycles. The number of para-hydroxylation sites is 1. The first-order chi connectivity index (χ1) is 18.7. The summed E-state index contributed by atoms with van der Waals surface area (Å²) in [5.41, 5.74) is 2.67. The molecular formula is C28H21N5O6. The minimum atomic E-state index is -0.742. The maximum atomic E-state index is 12.6. The number of ether oxygens (including phenoxy) is 1. The highest BCUT2D eigenvalue weighted by atomic mass is 16.6. The molecule has 11 nitrogen and oxygen atoms in total. The monoisotopic (exact) mass is 523 g/mol. The Morgan fingerprint density at radius 1 is 0.974 bits per heavy atom. The number of benzene rings is 3. The Kier molecular flexibility index (Phi) is 7.49. The summed E-state index contributed by atoms with van der Waals surface area (Å²) >= 11 is 0. The standard InChI is InChI=1S/C28H21N5O6/c1-18-14-20(15-21(17-29)28(34)30-22-6-4-3-5-7-22)19(2)31(18)23-8-11-25(12-9-23)39-27-13-10-24(32(35)36)16-26(27)33(37)38/h3-16H,1-2H3,(H,30,34)/b21-15-. The molecule has 0 saturated heterocycles. The third-order valence-electron chi connectivity index (χ3n) is 5.84. The maximum Gasteiger partial charge on any atom is 0.318 e. The van der Waals surface area contributed by atoms with E-state index in [0.717, 1.165) is 29.2 Å². The van der Waals surface area contributed by atoms with Crippen molar-refractivity contribution in [2.24, 2.45) is 0 Å². The minimum Gasteiger partial charge on any atom is -0.450 e. The second-order valence-corrected chi connectivity index (χ2v) is 8.41. The Morgan fingerprint density at radius 2 is 1.67 bits per heavy atom. The van der Waals surface area contributed by atoms with Crippen molar-refractivity contribution in [2.45, 2.75) is 13.8 Å². The molecule has 0 spiro atoms. The van der Waals surface area contributed by atoms with Crippen molar-refractivity contribution in [2.75, 3.05) is 5.32 Å². The van der Waals surface area contributed by atoms with Crippen molar-refractivity contribution >= 4 is 29.0 Å². The number of hydrogen-bond donors (Lipinski definition) is 1. The molecule has 1 aromatic heterocycles. The van der Waals surface area contributed by atoms with Gasteiger partial charge in [0.05, 0.1) is 15.9 Å². The number of non-ortho nitro benzene ring substituents is 1. The SMILES string of the molecule is Cc1cc(/C=C(/C#N)C(=O)Nc2ccccc2)c(C)n1-c1ccc(Oc2ccc([N+](=O)[O-])cc2[N+](=O)[O-])cc1. The lowest BCUT2D eigenvalue weighted by atomic mass is 10.1. The molecule has 39 heavy (non-hydrogen) atoms. The van der Waals surface area contributed by atoms with E-state index in [1.165, 1.54) is 12.1 Å². The van der Waals surface area contributed by atoms with E-state index >= 15 is 0 Å². The Hall–Kier alpha value is -5.76. The maximum absolute atomic E-state index is 12.6. The van der Waals surface area contributed by atoms with E-state index in [-0.39, 0.29) is 11.3 Å². The van der Waals surface area contributed by atoms with Crippen LogP contribution in [0.5, 0.6) is 11.5 Å². The van der Waals surface area contributed by atoms with Gasteiger partial charge in [-0.25, -0.2) is 0 Å². The molecule has 1 N–H and O–H groups in total. The van der Waals surface area contributed by atoms with Gasteiger partial charge in [-0.2, -0.15) is 5.26 Å². The van der Waals surface area contributed by atoms with Gasteiger partial charge in [0.2, 0.25) is 5.75 Å². The largest absolute Gasteiger partial charge is 0.450 e. The topological polar surface area (TPSA) is 153 Å². The molecule has 0 aliphatic heterocycles. The van der Waals surface area contributed by atoms with Crippen LogP contribution in [-0.4, -0.2) is 20.3 Å². The molecule has 4 aromatic rings. The lowest BCUT2D eigenvalue weighted by Crippen LogP contribution is -2.13. The highest BCUT2D eigenvalue weighted by molar-refractivity contribution is 6.09. The molecule has 0 fully saturated rings. The number of rotatable bonds is 8. The van der Waals surface area contributed by atoms with Crippen LogP contribution >= 0.6 is 0 Å². The molecule has 1 heterocycles. The van der Waals surface area contributed by atoms with Crippen LogP contribution in [0.15, 0.2) is 84.4 Å². The molecule has 0 atom stereocenters. The van der Waals surface area contributed by atoms with E-state index in [2.05, 4.69) is 5.32 Å². The smallest absolute Gasteiger partial charge is 0.318 e. The van der Waals surface area contributed by atoms with Crippen molar-refractivity contribution < 1.29 is 19.4 Å². The first kappa shape index (κ1) is 26.3. The summed E-state index contributed by atoms with van der Waals surface area (Å²) in [6, 6.07) is 22.5. The number of aryl methyl sites for hydroxylation is 1. The van der Waals surface area contributed by atoms with Crippen molar-refractivity contribution in [3.8, 4) is 23.3 Å². The molecular weight excluding hydrogens is 502 g/mol. The van der Waals surface area contributed by atoms with Gasteiger partial charge in [0.25, 0.3) is 11.6 Å². The predicted octanol–water partition coefficient (Wildman–Crippen LogP) is 6.25. The van der Waals surface area contributed by atoms with Crippen molar-refractivity contribution in [3.63, 3.8) is 0 Å². The van der Waals surface area contributed by atoms with Crippen LogP contribution in [0.3, 0.4) is 0 Å². The Bertz CT molecular complexity index is 1650. The fourth-order valence-corrected chi connectivity index (χ4v) is 3.99. The number of nitrogens with zero attached hydrogens (tertiary/aromatic N) is 4. The van der Waals surface area contributed by atoms with Crippen LogP contribution in [0.1, 0.15) is 17.0 Å².